The van der Waals surface area contributed by atoms with Crippen LogP contribution in [0.2, 0.25) is 0 Å². The van der Waals surface area contributed by atoms with Crippen LogP contribution < -0.4 is 0 Å². The maximum Gasteiger partial charge on any atom is 0.339 e. The summed E-state index contributed by atoms with van der Waals surface area (Å²) in [4.78, 5) is 11.3. The van der Waals surface area contributed by atoms with Crippen molar-refractivity contribution in [3.05, 3.63) is 29.8 Å². The van der Waals surface area contributed by atoms with Crippen LogP contribution in [-0.4, -0.2) is 39.4 Å². The zero-order valence-electron chi connectivity index (χ0n) is 9.95. The third-order valence-corrected chi connectivity index (χ3v) is 4.14. The maximum atomic E-state index is 12.1. The standard InChI is InChI=1S/C11H12N2O4S/c1-13(8-7-12)18(15,16)10-6-4-3-5-9(10)11(14)17-2/h3-6H,8H2,1-2H3. The molecule has 18 heavy (non-hydrogen) atoms. The van der Waals surface area contributed by atoms with Gasteiger partial charge in [0.2, 0.25) is 10.0 Å². The summed E-state index contributed by atoms with van der Waals surface area (Å²) in [6, 6.07) is 7.43. The van der Waals surface area contributed by atoms with Gasteiger partial charge in [-0.2, -0.15) is 9.57 Å². The minimum absolute atomic E-state index is 0.0511. The summed E-state index contributed by atoms with van der Waals surface area (Å²) in [6.07, 6.45) is 0. The second-order valence-electron chi connectivity index (χ2n) is 3.41. The molecule has 0 saturated carbocycles. The fraction of sp³-hybridized carbons (Fsp3) is 0.273. The van der Waals surface area contributed by atoms with Crippen LogP contribution in [0, 0.1) is 11.3 Å². The molecule has 0 amide bonds. The van der Waals surface area contributed by atoms with Crippen molar-refractivity contribution in [3.63, 3.8) is 0 Å². The summed E-state index contributed by atoms with van der Waals surface area (Å²) in [6.45, 7) is -0.294. The van der Waals surface area contributed by atoms with Gasteiger partial charge in [-0.3, -0.25) is 0 Å². The molecule has 0 fully saturated rings. The molecule has 0 heterocycles. The Balaban J connectivity index is 3.34. The average Bonchev–Trinajstić information content (AvgIpc) is 2.38. The van der Waals surface area contributed by atoms with Crippen LogP contribution in [0.1, 0.15) is 10.4 Å². The molecule has 0 atom stereocenters. The Morgan fingerprint density at radius 2 is 2.06 bits per heavy atom. The number of nitriles is 1. The molecule has 0 unspecified atom stereocenters. The number of hydrogen-bond acceptors (Lipinski definition) is 5. The number of hydrogen-bond donors (Lipinski definition) is 0. The Labute approximate surface area is 105 Å². The number of carbonyl (C=O) groups excluding carboxylic acids is 1. The largest absolute Gasteiger partial charge is 0.465 e. The number of carbonyl (C=O) groups is 1. The third kappa shape index (κ3) is 2.67. The smallest absolute Gasteiger partial charge is 0.339 e. The minimum Gasteiger partial charge on any atom is -0.465 e. The fourth-order valence-electron chi connectivity index (χ4n) is 1.32. The molecule has 0 radical (unpaired) electrons. The zero-order valence-corrected chi connectivity index (χ0v) is 10.8. The molecule has 7 heteroatoms. The highest BCUT2D eigenvalue weighted by Gasteiger charge is 2.26. The molecule has 0 bridgehead atoms. The van der Waals surface area contributed by atoms with Gasteiger partial charge < -0.3 is 4.74 Å². The molecule has 6 nitrogen and oxygen atoms in total. The van der Waals surface area contributed by atoms with Crippen LogP contribution >= 0.6 is 0 Å². The first kappa shape index (κ1) is 14.2. The van der Waals surface area contributed by atoms with E-state index in [1.807, 2.05) is 0 Å². The molecule has 0 aliphatic carbocycles. The van der Waals surface area contributed by atoms with Gasteiger partial charge >= 0.3 is 5.97 Å². The van der Waals surface area contributed by atoms with Gasteiger partial charge in [-0.05, 0) is 12.1 Å². The van der Waals surface area contributed by atoms with Gasteiger partial charge in [0, 0.05) is 7.05 Å². The fourth-order valence-corrected chi connectivity index (χ4v) is 2.57. The molecular formula is C11H12N2O4S. The lowest BCUT2D eigenvalue weighted by atomic mass is 10.2. The monoisotopic (exact) mass is 268 g/mol. The van der Waals surface area contributed by atoms with Gasteiger partial charge in [0.25, 0.3) is 0 Å². The second-order valence-corrected chi connectivity index (χ2v) is 5.42. The lowest BCUT2D eigenvalue weighted by Gasteiger charge is -2.15. The normalized spacial score (nSPS) is 11.0. The van der Waals surface area contributed by atoms with Gasteiger partial charge in [0.05, 0.1) is 23.6 Å². The maximum absolute atomic E-state index is 12.1. The van der Waals surface area contributed by atoms with E-state index in [2.05, 4.69) is 4.74 Å². The van der Waals surface area contributed by atoms with Gasteiger partial charge in [-0.15, -0.1) is 0 Å². The van der Waals surface area contributed by atoms with E-state index in [9.17, 15) is 13.2 Å². The van der Waals surface area contributed by atoms with Crippen LogP contribution in [0.5, 0.6) is 0 Å². The van der Waals surface area contributed by atoms with Gasteiger partial charge in [-0.1, -0.05) is 12.1 Å². The summed E-state index contributed by atoms with van der Waals surface area (Å²) in [5, 5.41) is 8.52. The van der Waals surface area contributed by atoms with E-state index in [0.717, 1.165) is 4.31 Å². The molecule has 0 aliphatic heterocycles. The Morgan fingerprint density at radius 1 is 1.44 bits per heavy atom. The van der Waals surface area contributed by atoms with Gasteiger partial charge in [-0.25, -0.2) is 13.2 Å². The van der Waals surface area contributed by atoms with Crippen LogP contribution in [-0.2, 0) is 14.8 Å². The van der Waals surface area contributed by atoms with E-state index in [4.69, 9.17) is 5.26 Å². The molecule has 0 aromatic heterocycles. The highest BCUT2D eigenvalue weighted by atomic mass is 32.2. The molecule has 0 spiro atoms. The van der Waals surface area contributed by atoms with Crippen molar-refractivity contribution in [2.24, 2.45) is 0 Å². The molecule has 1 aromatic rings. The van der Waals surface area contributed by atoms with E-state index in [1.165, 1.54) is 38.4 Å². The van der Waals surface area contributed by atoms with Crippen molar-refractivity contribution >= 4 is 16.0 Å². The van der Waals surface area contributed by atoms with E-state index in [1.54, 1.807) is 6.07 Å². The van der Waals surface area contributed by atoms with Crippen molar-refractivity contribution in [2.45, 2.75) is 4.90 Å². The first-order valence-corrected chi connectivity index (χ1v) is 6.39. The SMILES string of the molecule is COC(=O)c1ccccc1S(=O)(=O)N(C)CC#N. The van der Waals surface area contributed by atoms with Crippen LogP contribution in [0.3, 0.4) is 0 Å². The Kier molecular flexibility index (Phi) is 4.42. The number of ether oxygens (including phenoxy) is 1. The Bertz CT molecular complexity index is 589. The van der Waals surface area contributed by atoms with E-state index >= 15 is 0 Å². The molecule has 96 valence electrons. The van der Waals surface area contributed by atoms with E-state index in [-0.39, 0.29) is 17.0 Å². The van der Waals surface area contributed by atoms with E-state index < -0.39 is 16.0 Å². The number of rotatable bonds is 4. The number of sulfonamides is 1. The summed E-state index contributed by atoms with van der Waals surface area (Å²) in [5.41, 5.74) is -0.0511. The number of esters is 1. The number of methoxy groups -OCH3 is 1. The first-order valence-electron chi connectivity index (χ1n) is 4.95. The quantitative estimate of drug-likeness (QED) is 0.590. The van der Waals surface area contributed by atoms with Gasteiger partial charge in [0.1, 0.15) is 6.54 Å². The van der Waals surface area contributed by atoms with E-state index in [0.29, 0.717) is 0 Å². The highest BCUT2D eigenvalue weighted by Crippen LogP contribution is 2.19. The van der Waals surface area contributed by atoms with Crippen molar-refractivity contribution in [3.8, 4) is 6.07 Å². The molecular weight excluding hydrogens is 256 g/mol. The highest BCUT2D eigenvalue weighted by molar-refractivity contribution is 7.89. The second kappa shape index (κ2) is 5.62. The Hall–Kier alpha value is -1.91. The van der Waals surface area contributed by atoms with Crippen molar-refractivity contribution < 1.29 is 17.9 Å². The molecule has 1 rings (SSSR count). The number of benzene rings is 1. The third-order valence-electron chi connectivity index (χ3n) is 2.27. The lowest BCUT2D eigenvalue weighted by Crippen LogP contribution is -2.28. The van der Waals surface area contributed by atoms with Crippen molar-refractivity contribution in [1.29, 1.82) is 5.26 Å². The minimum atomic E-state index is -3.88. The molecule has 0 aliphatic rings. The summed E-state index contributed by atoms with van der Waals surface area (Å²) < 4.78 is 29.7. The lowest BCUT2D eigenvalue weighted by molar-refractivity contribution is 0.0596. The topological polar surface area (TPSA) is 87.5 Å². The van der Waals surface area contributed by atoms with Crippen LogP contribution in [0.25, 0.3) is 0 Å². The van der Waals surface area contributed by atoms with Gasteiger partial charge in [0.15, 0.2) is 0 Å². The van der Waals surface area contributed by atoms with Crippen molar-refractivity contribution in [1.82, 2.24) is 4.31 Å². The predicted molar refractivity (Wildman–Crippen MR) is 63.2 cm³/mol. The summed E-state index contributed by atoms with van der Waals surface area (Å²) >= 11 is 0. The first-order chi connectivity index (χ1) is 8.45. The average molecular weight is 268 g/mol. The zero-order chi connectivity index (χ0) is 13.8. The molecule has 0 saturated heterocycles. The van der Waals surface area contributed by atoms with Crippen molar-refractivity contribution in [2.75, 3.05) is 20.7 Å². The van der Waals surface area contributed by atoms with Crippen LogP contribution in [0.15, 0.2) is 29.2 Å². The molecule has 0 N–H and O–H groups in total. The Morgan fingerprint density at radius 3 is 2.61 bits per heavy atom. The number of nitrogens with zero attached hydrogens (tertiary/aromatic N) is 2. The summed E-state index contributed by atoms with van der Waals surface area (Å²) in [5.74, 6) is -0.737. The predicted octanol–water partition coefficient (Wildman–Crippen LogP) is 0.617. The van der Waals surface area contributed by atoms with Crippen LogP contribution in [0.4, 0.5) is 0 Å². The summed E-state index contributed by atoms with van der Waals surface area (Å²) in [7, 11) is -1.44. The molecule has 1 aromatic carbocycles.